The number of hydrogen-bond donors (Lipinski definition) is 1. The SMILES string of the molecule is O=C(C=CC1(C(=O)O)CC1)OC1CC1. The van der Waals surface area contributed by atoms with Gasteiger partial charge in [0.2, 0.25) is 0 Å². The fourth-order valence-electron chi connectivity index (χ4n) is 1.20. The van der Waals surface area contributed by atoms with E-state index in [9.17, 15) is 9.59 Å². The van der Waals surface area contributed by atoms with Crippen molar-refractivity contribution in [1.82, 2.24) is 0 Å². The zero-order valence-corrected chi connectivity index (χ0v) is 7.73. The van der Waals surface area contributed by atoms with Crippen LogP contribution in [0.4, 0.5) is 0 Å². The molecule has 1 N–H and O–H groups in total. The lowest BCUT2D eigenvalue weighted by Gasteiger charge is -2.01. The summed E-state index contributed by atoms with van der Waals surface area (Å²) in [5.41, 5.74) is -0.775. The molecule has 0 aromatic heterocycles. The third-order valence-corrected chi connectivity index (χ3v) is 2.56. The van der Waals surface area contributed by atoms with Gasteiger partial charge in [0.25, 0.3) is 0 Å². The van der Waals surface area contributed by atoms with Gasteiger partial charge in [0.15, 0.2) is 0 Å². The van der Waals surface area contributed by atoms with Gasteiger partial charge in [-0.3, -0.25) is 4.79 Å². The topological polar surface area (TPSA) is 63.6 Å². The molecule has 4 nitrogen and oxygen atoms in total. The highest BCUT2D eigenvalue weighted by molar-refractivity contribution is 5.86. The number of esters is 1. The fraction of sp³-hybridized carbons (Fsp3) is 0.600. The second-order valence-corrected chi connectivity index (χ2v) is 3.93. The smallest absolute Gasteiger partial charge is 0.330 e. The first kappa shape index (κ1) is 9.24. The normalized spacial score (nSPS) is 23.4. The van der Waals surface area contributed by atoms with Crippen molar-refractivity contribution in [2.75, 3.05) is 0 Å². The van der Waals surface area contributed by atoms with Crippen LogP contribution in [0.15, 0.2) is 12.2 Å². The van der Waals surface area contributed by atoms with Crippen LogP contribution < -0.4 is 0 Å². The summed E-state index contributed by atoms with van der Waals surface area (Å²) in [6.45, 7) is 0. The average molecular weight is 196 g/mol. The summed E-state index contributed by atoms with van der Waals surface area (Å²) < 4.78 is 4.95. The summed E-state index contributed by atoms with van der Waals surface area (Å²) >= 11 is 0. The number of carbonyl (C=O) groups is 2. The van der Waals surface area contributed by atoms with E-state index in [0.717, 1.165) is 12.8 Å². The maximum absolute atomic E-state index is 11.1. The molecule has 2 saturated carbocycles. The van der Waals surface area contributed by atoms with E-state index in [1.807, 2.05) is 0 Å². The van der Waals surface area contributed by atoms with Crippen LogP contribution in [0.2, 0.25) is 0 Å². The molecule has 76 valence electrons. The first-order valence-electron chi connectivity index (χ1n) is 4.76. The highest BCUT2D eigenvalue weighted by Gasteiger charge is 2.48. The van der Waals surface area contributed by atoms with Crippen LogP contribution in [0.5, 0.6) is 0 Å². The van der Waals surface area contributed by atoms with Gasteiger partial charge < -0.3 is 9.84 Å². The molecule has 2 aliphatic carbocycles. The molecule has 0 atom stereocenters. The molecule has 0 aromatic rings. The van der Waals surface area contributed by atoms with Crippen molar-refractivity contribution in [1.29, 1.82) is 0 Å². The van der Waals surface area contributed by atoms with Gasteiger partial charge >= 0.3 is 11.9 Å². The van der Waals surface area contributed by atoms with Crippen LogP contribution in [0.25, 0.3) is 0 Å². The molecule has 0 amide bonds. The molecule has 0 radical (unpaired) electrons. The Bertz CT molecular complexity index is 297. The number of carboxylic acid groups (broad SMARTS) is 1. The van der Waals surface area contributed by atoms with Gasteiger partial charge in [0, 0.05) is 6.08 Å². The zero-order chi connectivity index (χ0) is 10.2. The minimum Gasteiger partial charge on any atom is -0.481 e. The molecule has 0 aromatic carbocycles. The van der Waals surface area contributed by atoms with Gasteiger partial charge in [0.1, 0.15) is 6.10 Å². The van der Waals surface area contributed by atoms with Gasteiger partial charge in [0.05, 0.1) is 5.41 Å². The van der Waals surface area contributed by atoms with Crippen molar-refractivity contribution in [3.63, 3.8) is 0 Å². The van der Waals surface area contributed by atoms with E-state index in [1.54, 1.807) is 0 Å². The number of rotatable bonds is 4. The van der Waals surface area contributed by atoms with Crippen LogP contribution in [0.1, 0.15) is 25.7 Å². The van der Waals surface area contributed by atoms with E-state index in [1.165, 1.54) is 12.2 Å². The van der Waals surface area contributed by atoms with E-state index >= 15 is 0 Å². The number of aliphatic carboxylic acids is 1. The van der Waals surface area contributed by atoms with Gasteiger partial charge in [-0.05, 0) is 25.7 Å². The van der Waals surface area contributed by atoms with E-state index < -0.39 is 17.4 Å². The predicted molar refractivity (Wildman–Crippen MR) is 47.6 cm³/mol. The van der Waals surface area contributed by atoms with Crippen LogP contribution in [-0.2, 0) is 14.3 Å². The number of ether oxygens (including phenoxy) is 1. The third-order valence-electron chi connectivity index (χ3n) is 2.56. The number of carboxylic acids is 1. The third kappa shape index (κ3) is 1.95. The molecule has 14 heavy (non-hydrogen) atoms. The molecule has 2 fully saturated rings. The van der Waals surface area contributed by atoms with Crippen LogP contribution in [-0.4, -0.2) is 23.1 Å². The molecule has 0 bridgehead atoms. The summed E-state index contributed by atoms with van der Waals surface area (Å²) in [5.74, 6) is -1.27. The number of hydrogen-bond acceptors (Lipinski definition) is 3. The zero-order valence-electron chi connectivity index (χ0n) is 7.73. The summed E-state index contributed by atoms with van der Waals surface area (Å²) in [6, 6.07) is 0. The summed E-state index contributed by atoms with van der Waals surface area (Å²) in [7, 11) is 0. The van der Waals surface area contributed by atoms with Crippen molar-refractivity contribution in [2.24, 2.45) is 5.41 Å². The quantitative estimate of drug-likeness (QED) is 0.540. The second kappa shape index (κ2) is 3.12. The van der Waals surface area contributed by atoms with Crippen LogP contribution in [0.3, 0.4) is 0 Å². The van der Waals surface area contributed by atoms with Crippen molar-refractivity contribution in [3.05, 3.63) is 12.2 Å². The molecule has 0 aliphatic heterocycles. The Morgan fingerprint density at radius 3 is 2.43 bits per heavy atom. The van der Waals surface area contributed by atoms with Gasteiger partial charge in [-0.15, -0.1) is 0 Å². The molecule has 0 unspecified atom stereocenters. The van der Waals surface area contributed by atoms with E-state index in [2.05, 4.69) is 0 Å². The molecule has 0 heterocycles. The van der Waals surface area contributed by atoms with E-state index in [0.29, 0.717) is 12.8 Å². The summed E-state index contributed by atoms with van der Waals surface area (Å²) in [5, 5.41) is 8.81. The molecular weight excluding hydrogens is 184 g/mol. The second-order valence-electron chi connectivity index (χ2n) is 3.93. The van der Waals surface area contributed by atoms with Gasteiger partial charge in [-0.1, -0.05) is 6.08 Å². The first-order valence-corrected chi connectivity index (χ1v) is 4.76. The molecule has 0 spiro atoms. The van der Waals surface area contributed by atoms with Crippen molar-refractivity contribution >= 4 is 11.9 Å². The maximum Gasteiger partial charge on any atom is 0.330 e. The van der Waals surface area contributed by atoms with Crippen LogP contribution >= 0.6 is 0 Å². The highest BCUT2D eigenvalue weighted by atomic mass is 16.5. The van der Waals surface area contributed by atoms with Crippen LogP contribution in [0, 0.1) is 5.41 Å². The Labute approximate surface area is 81.6 Å². The van der Waals surface area contributed by atoms with Crippen molar-refractivity contribution in [3.8, 4) is 0 Å². The molecule has 2 rings (SSSR count). The monoisotopic (exact) mass is 196 g/mol. The maximum atomic E-state index is 11.1. The minimum atomic E-state index is -0.854. The largest absolute Gasteiger partial charge is 0.481 e. The first-order chi connectivity index (χ1) is 6.62. The molecular formula is C10H12O4. The molecule has 0 saturated heterocycles. The summed E-state index contributed by atoms with van der Waals surface area (Å²) in [6.07, 6.45) is 5.89. The Morgan fingerprint density at radius 1 is 1.36 bits per heavy atom. The Kier molecular flexibility index (Phi) is 2.06. The fourth-order valence-corrected chi connectivity index (χ4v) is 1.20. The van der Waals surface area contributed by atoms with Gasteiger partial charge in [-0.2, -0.15) is 0 Å². The predicted octanol–water partition coefficient (Wildman–Crippen LogP) is 1.11. The highest BCUT2D eigenvalue weighted by Crippen LogP contribution is 2.47. The van der Waals surface area contributed by atoms with Crippen molar-refractivity contribution < 1.29 is 19.4 Å². The number of carbonyl (C=O) groups excluding carboxylic acids is 1. The van der Waals surface area contributed by atoms with Gasteiger partial charge in [-0.25, -0.2) is 4.79 Å². The Morgan fingerprint density at radius 2 is 2.00 bits per heavy atom. The standard InChI is InChI=1S/C10H12O4/c11-8(14-7-1-2-7)3-4-10(5-6-10)9(12)13/h3-4,7H,1-2,5-6H2,(H,12,13). The van der Waals surface area contributed by atoms with Crippen molar-refractivity contribution in [2.45, 2.75) is 31.8 Å². The lowest BCUT2D eigenvalue weighted by atomic mass is 10.1. The van der Waals surface area contributed by atoms with E-state index in [-0.39, 0.29) is 6.10 Å². The molecule has 2 aliphatic rings. The minimum absolute atomic E-state index is 0.0760. The Hall–Kier alpha value is -1.32. The lowest BCUT2D eigenvalue weighted by Crippen LogP contribution is -2.12. The summed E-state index contributed by atoms with van der Waals surface area (Å²) in [4.78, 5) is 21.8. The van der Waals surface area contributed by atoms with E-state index in [4.69, 9.17) is 9.84 Å². The average Bonchev–Trinajstić information content (AvgIpc) is 2.97. The Balaban J connectivity index is 1.86. The molecule has 4 heteroatoms. The lowest BCUT2D eigenvalue weighted by molar-refractivity contribution is -0.141.